The summed E-state index contributed by atoms with van der Waals surface area (Å²) in [5.74, 6) is -1.05. The van der Waals surface area contributed by atoms with Gasteiger partial charge in [0.1, 0.15) is 23.6 Å². The molecule has 1 unspecified atom stereocenters. The lowest BCUT2D eigenvalue weighted by Gasteiger charge is -2.32. The summed E-state index contributed by atoms with van der Waals surface area (Å²) >= 11 is 0. The lowest BCUT2D eigenvalue weighted by molar-refractivity contribution is -0.128. The van der Waals surface area contributed by atoms with Gasteiger partial charge in [-0.3, -0.25) is 14.5 Å². The van der Waals surface area contributed by atoms with Crippen molar-refractivity contribution in [3.05, 3.63) is 78.5 Å². The van der Waals surface area contributed by atoms with E-state index in [0.717, 1.165) is 0 Å². The zero-order chi connectivity index (χ0) is 23.6. The molecule has 2 amide bonds. The molecule has 0 saturated heterocycles. The molecule has 170 valence electrons. The number of para-hydroxylation sites is 1. The number of fused-ring (bicyclic) bond motifs is 1. The van der Waals surface area contributed by atoms with E-state index < -0.39 is 29.2 Å². The number of hydrogen-bond donors (Lipinski definition) is 1. The number of nitrogens with zero attached hydrogens (tertiary/aromatic N) is 4. The second kappa shape index (κ2) is 8.85. The van der Waals surface area contributed by atoms with Gasteiger partial charge in [0.25, 0.3) is 5.91 Å². The molecule has 2 heterocycles. The first-order valence-corrected chi connectivity index (χ1v) is 10.4. The number of aromatic nitrogens is 3. The van der Waals surface area contributed by atoms with E-state index in [2.05, 4.69) is 15.6 Å². The lowest BCUT2D eigenvalue weighted by Crippen LogP contribution is -2.50. The van der Waals surface area contributed by atoms with Gasteiger partial charge in [-0.25, -0.2) is 9.07 Å². The molecule has 8 nitrogen and oxygen atoms in total. The van der Waals surface area contributed by atoms with E-state index in [4.69, 9.17) is 4.42 Å². The van der Waals surface area contributed by atoms with E-state index in [9.17, 15) is 14.0 Å². The molecule has 0 radical (unpaired) electrons. The molecular formula is C24H24FN5O3. The summed E-state index contributed by atoms with van der Waals surface area (Å²) in [6.45, 7) is 5.35. The number of carbonyl (C=O) groups is 2. The van der Waals surface area contributed by atoms with Gasteiger partial charge < -0.3 is 9.73 Å². The molecule has 0 aliphatic heterocycles. The standard InChI is InChI=1S/C24H24FN5O3/c1-24(2,3)26-23(32)22(20-9-6-14-33-20)30(17-12-10-16(25)11-13-17)21(31)15-29-19-8-5-4-7-18(19)27-28-29/h4-14,22H,15H2,1-3H3,(H,26,32). The zero-order valence-corrected chi connectivity index (χ0v) is 18.5. The van der Waals surface area contributed by atoms with E-state index in [1.54, 1.807) is 24.3 Å². The third-order valence-corrected chi connectivity index (χ3v) is 4.90. The van der Waals surface area contributed by atoms with Crippen molar-refractivity contribution < 1.29 is 18.4 Å². The highest BCUT2D eigenvalue weighted by Crippen LogP contribution is 2.30. The normalized spacial score (nSPS) is 12.5. The maximum atomic E-state index is 13.7. The largest absolute Gasteiger partial charge is 0.467 e. The monoisotopic (exact) mass is 449 g/mol. The van der Waals surface area contributed by atoms with Crippen molar-refractivity contribution in [3.8, 4) is 0 Å². The summed E-state index contributed by atoms with van der Waals surface area (Å²) in [6, 6.07) is 14.8. The Morgan fingerprint density at radius 2 is 1.82 bits per heavy atom. The average Bonchev–Trinajstić information content (AvgIpc) is 3.42. The number of furan rings is 1. The molecule has 0 aliphatic carbocycles. The number of nitrogens with one attached hydrogen (secondary N) is 1. The fourth-order valence-corrected chi connectivity index (χ4v) is 3.54. The Kier molecular flexibility index (Phi) is 5.95. The van der Waals surface area contributed by atoms with Crippen LogP contribution in [0.15, 0.2) is 71.3 Å². The summed E-state index contributed by atoms with van der Waals surface area (Å²) in [4.78, 5) is 28.4. The van der Waals surface area contributed by atoms with Gasteiger partial charge in [-0.15, -0.1) is 5.10 Å². The molecule has 9 heteroatoms. The molecule has 4 aromatic rings. The summed E-state index contributed by atoms with van der Waals surface area (Å²) in [5, 5.41) is 11.1. The smallest absolute Gasteiger partial charge is 0.251 e. The Morgan fingerprint density at radius 1 is 1.09 bits per heavy atom. The molecule has 0 saturated carbocycles. The van der Waals surface area contributed by atoms with E-state index in [1.807, 2.05) is 32.9 Å². The van der Waals surface area contributed by atoms with Crippen LogP contribution in [-0.4, -0.2) is 32.3 Å². The molecule has 1 atom stereocenters. The van der Waals surface area contributed by atoms with Gasteiger partial charge in [0.15, 0.2) is 6.04 Å². The van der Waals surface area contributed by atoms with E-state index >= 15 is 0 Å². The number of benzene rings is 2. The van der Waals surface area contributed by atoms with Crippen molar-refractivity contribution in [1.29, 1.82) is 0 Å². The molecule has 2 aromatic heterocycles. The molecule has 0 bridgehead atoms. The highest BCUT2D eigenvalue weighted by molar-refractivity contribution is 6.01. The Bertz CT molecular complexity index is 1260. The molecule has 1 N–H and O–H groups in total. The minimum Gasteiger partial charge on any atom is -0.467 e. The molecule has 0 fully saturated rings. The Hall–Kier alpha value is -4.01. The van der Waals surface area contributed by atoms with Crippen LogP contribution in [0, 0.1) is 5.82 Å². The predicted molar refractivity (Wildman–Crippen MR) is 121 cm³/mol. The SMILES string of the molecule is CC(C)(C)NC(=O)C(c1ccco1)N(C(=O)Cn1nnc2ccccc21)c1ccc(F)cc1. The van der Waals surface area contributed by atoms with Crippen LogP contribution in [0.25, 0.3) is 11.0 Å². The van der Waals surface area contributed by atoms with Crippen LogP contribution in [0.5, 0.6) is 0 Å². The van der Waals surface area contributed by atoms with Gasteiger partial charge in [0.05, 0.1) is 11.8 Å². The first-order chi connectivity index (χ1) is 15.7. The van der Waals surface area contributed by atoms with Gasteiger partial charge in [0, 0.05) is 11.2 Å². The maximum Gasteiger partial charge on any atom is 0.251 e. The van der Waals surface area contributed by atoms with Gasteiger partial charge in [-0.05, 0) is 69.3 Å². The average molecular weight is 449 g/mol. The van der Waals surface area contributed by atoms with E-state index in [1.165, 1.54) is 40.1 Å². The van der Waals surface area contributed by atoms with Gasteiger partial charge in [-0.2, -0.15) is 0 Å². The predicted octanol–water partition coefficient (Wildman–Crippen LogP) is 3.85. The van der Waals surface area contributed by atoms with Gasteiger partial charge >= 0.3 is 0 Å². The summed E-state index contributed by atoms with van der Waals surface area (Å²) < 4.78 is 20.7. The molecular weight excluding hydrogens is 425 g/mol. The summed E-state index contributed by atoms with van der Waals surface area (Å²) in [5.41, 5.74) is 1.11. The number of anilines is 1. The Labute approximate surface area is 190 Å². The summed E-state index contributed by atoms with van der Waals surface area (Å²) in [6.07, 6.45) is 1.44. The molecule has 33 heavy (non-hydrogen) atoms. The number of carbonyl (C=O) groups excluding carboxylic acids is 2. The van der Waals surface area contributed by atoms with E-state index in [-0.39, 0.29) is 12.3 Å². The second-order valence-electron chi connectivity index (χ2n) is 8.63. The summed E-state index contributed by atoms with van der Waals surface area (Å²) in [7, 11) is 0. The van der Waals surface area contributed by atoms with Crippen LogP contribution in [0.1, 0.15) is 32.6 Å². The van der Waals surface area contributed by atoms with Crippen LogP contribution in [-0.2, 0) is 16.1 Å². The zero-order valence-electron chi connectivity index (χ0n) is 18.5. The molecule has 0 spiro atoms. The van der Waals surface area contributed by atoms with Crippen LogP contribution >= 0.6 is 0 Å². The number of halogens is 1. The Balaban J connectivity index is 1.77. The minimum absolute atomic E-state index is 0.183. The van der Waals surface area contributed by atoms with E-state index in [0.29, 0.717) is 16.7 Å². The first kappa shape index (κ1) is 22.2. The second-order valence-corrected chi connectivity index (χ2v) is 8.63. The molecule has 4 rings (SSSR count). The maximum absolute atomic E-state index is 13.7. The highest BCUT2D eigenvalue weighted by atomic mass is 19.1. The highest BCUT2D eigenvalue weighted by Gasteiger charge is 2.36. The van der Waals surface area contributed by atoms with Crippen molar-refractivity contribution >= 4 is 28.5 Å². The first-order valence-electron chi connectivity index (χ1n) is 10.4. The third kappa shape index (κ3) is 4.92. The quantitative estimate of drug-likeness (QED) is 0.483. The molecule has 0 aliphatic rings. The van der Waals surface area contributed by atoms with Crippen molar-refractivity contribution in [1.82, 2.24) is 20.3 Å². The Morgan fingerprint density at radius 3 is 2.48 bits per heavy atom. The third-order valence-electron chi connectivity index (χ3n) is 4.90. The van der Waals surface area contributed by atoms with Gasteiger partial charge in [-0.1, -0.05) is 17.3 Å². The fourth-order valence-electron chi connectivity index (χ4n) is 3.54. The van der Waals surface area contributed by atoms with Crippen molar-refractivity contribution in [2.24, 2.45) is 0 Å². The molecule has 2 aromatic carbocycles. The van der Waals surface area contributed by atoms with Crippen LogP contribution in [0.4, 0.5) is 10.1 Å². The number of hydrogen-bond acceptors (Lipinski definition) is 5. The van der Waals surface area contributed by atoms with Crippen LogP contribution < -0.4 is 10.2 Å². The number of amides is 2. The topological polar surface area (TPSA) is 93.3 Å². The minimum atomic E-state index is -1.12. The van der Waals surface area contributed by atoms with Crippen molar-refractivity contribution in [2.75, 3.05) is 4.90 Å². The van der Waals surface area contributed by atoms with Crippen LogP contribution in [0.3, 0.4) is 0 Å². The van der Waals surface area contributed by atoms with Crippen molar-refractivity contribution in [2.45, 2.75) is 38.9 Å². The number of rotatable bonds is 6. The van der Waals surface area contributed by atoms with Crippen molar-refractivity contribution in [3.63, 3.8) is 0 Å². The fraction of sp³-hybridized carbons (Fsp3) is 0.250. The van der Waals surface area contributed by atoms with Crippen LogP contribution in [0.2, 0.25) is 0 Å². The lowest BCUT2D eigenvalue weighted by atomic mass is 10.1. The van der Waals surface area contributed by atoms with Gasteiger partial charge in [0.2, 0.25) is 5.91 Å².